The molecule has 1 heterocycles. The highest BCUT2D eigenvalue weighted by atomic mass is 16.3. The number of hydrogen-bond donors (Lipinski definition) is 1. The van der Waals surface area contributed by atoms with Crippen LogP contribution in [0.5, 0.6) is 0 Å². The number of nitrogens with zero attached hydrogens (tertiary/aromatic N) is 2. The molecule has 2 bridgehead atoms. The van der Waals surface area contributed by atoms with E-state index in [1.165, 1.54) is 25.7 Å². The van der Waals surface area contributed by atoms with Crippen LogP contribution in [0.15, 0.2) is 12.4 Å². The Labute approximate surface area is 102 Å². The molecule has 0 aliphatic heterocycles. The molecule has 0 amide bonds. The molecule has 3 nitrogen and oxygen atoms in total. The Hall–Kier alpha value is -0.960. The van der Waals surface area contributed by atoms with Crippen molar-refractivity contribution in [3.05, 3.63) is 23.8 Å². The van der Waals surface area contributed by atoms with Crippen LogP contribution in [0.2, 0.25) is 0 Å². The van der Waals surface area contributed by atoms with Crippen molar-refractivity contribution in [2.75, 3.05) is 0 Å². The summed E-state index contributed by atoms with van der Waals surface area (Å²) in [4.78, 5) is 8.44. The largest absolute Gasteiger partial charge is 0.385 e. The van der Waals surface area contributed by atoms with E-state index < -0.39 is 6.10 Å². The first-order chi connectivity index (χ1) is 8.22. The normalized spacial score (nSPS) is 32.9. The van der Waals surface area contributed by atoms with Crippen LogP contribution in [-0.4, -0.2) is 15.1 Å². The van der Waals surface area contributed by atoms with Crippen molar-refractivity contribution in [1.29, 1.82) is 0 Å². The Morgan fingerprint density at radius 2 is 2.06 bits per heavy atom. The molecule has 3 rings (SSSR count). The Kier molecular flexibility index (Phi) is 2.87. The Morgan fingerprint density at radius 1 is 1.29 bits per heavy atom. The molecule has 2 fully saturated rings. The van der Waals surface area contributed by atoms with Crippen molar-refractivity contribution < 1.29 is 5.11 Å². The molecule has 2 aliphatic carbocycles. The fourth-order valence-electron chi connectivity index (χ4n) is 3.63. The Morgan fingerprint density at radius 3 is 2.65 bits per heavy atom. The number of aryl methyl sites for hydroxylation is 1. The third-order valence-corrected chi connectivity index (χ3v) is 4.51. The zero-order chi connectivity index (χ0) is 11.8. The highest BCUT2D eigenvalue weighted by Gasteiger charge is 2.40. The van der Waals surface area contributed by atoms with Gasteiger partial charge in [0, 0.05) is 12.4 Å². The standard InChI is InChI=1S/C14H20N2O/c1-9-7-15-14(16-8-9)13(17)6-12-5-10-2-3-11(12)4-10/h7-8,10-13,17H,2-6H2,1H3. The number of aliphatic hydroxyl groups excluding tert-OH is 1. The van der Waals surface area contributed by atoms with Gasteiger partial charge in [0.15, 0.2) is 5.82 Å². The lowest BCUT2D eigenvalue weighted by Gasteiger charge is -2.23. The van der Waals surface area contributed by atoms with Crippen molar-refractivity contribution in [3.8, 4) is 0 Å². The van der Waals surface area contributed by atoms with E-state index >= 15 is 0 Å². The van der Waals surface area contributed by atoms with Gasteiger partial charge < -0.3 is 5.11 Å². The molecule has 4 unspecified atom stereocenters. The molecule has 0 saturated heterocycles. The quantitative estimate of drug-likeness (QED) is 0.871. The maximum Gasteiger partial charge on any atom is 0.156 e. The van der Waals surface area contributed by atoms with E-state index in [0.717, 1.165) is 23.8 Å². The maximum atomic E-state index is 10.2. The number of rotatable bonds is 3. The van der Waals surface area contributed by atoms with E-state index in [1.807, 2.05) is 6.92 Å². The second-order valence-electron chi connectivity index (χ2n) is 5.81. The second kappa shape index (κ2) is 4.37. The minimum Gasteiger partial charge on any atom is -0.385 e. The summed E-state index contributed by atoms with van der Waals surface area (Å²) >= 11 is 0. The molecule has 1 aromatic rings. The number of aliphatic hydroxyl groups is 1. The molecule has 1 N–H and O–H groups in total. The van der Waals surface area contributed by atoms with E-state index in [1.54, 1.807) is 12.4 Å². The highest BCUT2D eigenvalue weighted by Crippen LogP contribution is 2.50. The van der Waals surface area contributed by atoms with Crippen molar-refractivity contribution >= 4 is 0 Å². The summed E-state index contributed by atoms with van der Waals surface area (Å²) in [5.74, 6) is 3.10. The number of fused-ring (bicyclic) bond motifs is 2. The average molecular weight is 232 g/mol. The van der Waals surface area contributed by atoms with Crippen LogP contribution in [0.1, 0.15) is 49.6 Å². The monoisotopic (exact) mass is 232 g/mol. The van der Waals surface area contributed by atoms with E-state index in [4.69, 9.17) is 0 Å². The number of hydrogen-bond acceptors (Lipinski definition) is 3. The third kappa shape index (κ3) is 2.21. The Balaban J connectivity index is 1.63. The molecule has 0 spiro atoms. The average Bonchev–Trinajstić information content (AvgIpc) is 2.91. The van der Waals surface area contributed by atoms with Gasteiger partial charge in [0.05, 0.1) is 0 Å². The van der Waals surface area contributed by atoms with Crippen LogP contribution in [0.4, 0.5) is 0 Å². The van der Waals surface area contributed by atoms with Crippen molar-refractivity contribution in [2.24, 2.45) is 17.8 Å². The van der Waals surface area contributed by atoms with E-state index in [-0.39, 0.29) is 0 Å². The van der Waals surface area contributed by atoms with Crippen LogP contribution in [-0.2, 0) is 0 Å². The molecule has 2 saturated carbocycles. The lowest BCUT2D eigenvalue weighted by molar-refractivity contribution is 0.117. The molecular weight excluding hydrogens is 212 g/mol. The van der Waals surface area contributed by atoms with Crippen LogP contribution in [0.3, 0.4) is 0 Å². The summed E-state index contributed by atoms with van der Waals surface area (Å²) in [6.07, 6.45) is 9.44. The van der Waals surface area contributed by atoms with Crippen molar-refractivity contribution in [2.45, 2.75) is 45.1 Å². The highest BCUT2D eigenvalue weighted by molar-refractivity contribution is 5.04. The van der Waals surface area contributed by atoms with Crippen molar-refractivity contribution in [1.82, 2.24) is 9.97 Å². The van der Waals surface area contributed by atoms with Gasteiger partial charge in [0.1, 0.15) is 6.10 Å². The zero-order valence-electron chi connectivity index (χ0n) is 10.3. The molecule has 0 radical (unpaired) electrons. The summed E-state index contributed by atoms with van der Waals surface area (Å²) in [5.41, 5.74) is 1.04. The third-order valence-electron chi connectivity index (χ3n) is 4.51. The van der Waals surface area contributed by atoms with Gasteiger partial charge in [0.2, 0.25) is 0 Å². The van der Waals surface area contributed by atoms with Gasteiger partial charge in [-0.2, -0.15) is 0 Å². The van der Waals surface area contributed by atoms with E-state index in [9.17, 15) is 5.11 Å². The first-order valence-electron chi connectivity index (χ1n) is 6.69. The lowest BCUT2D eigenvalue weighted by atomic mass is 9.85. The number of aromatic nitrogens is 2. The summed E-state index contributed by atoms with van der Waals surface area (Å²) in [6, 6.07) is 0. The van der Waals surface area contributed by atoms with Gasteiger partial charge in [-0.15, -0.1) is 0 Å². The maximum absolute atomic E-state index is 10.2. The van der Waals surface area contributed by atoms with Gasteiger partial charge in [-0.05, 0) is 55.9 Å². The molecular formula is C14H20N2O. The fraction of sp³-hybridized carbons (Fsp3) is 0.714. The second-order valence-corrected chi connectivity index (χ2v) is 5.81. The predicted octanol–water partition coefficient (Wildman–Crippen LogP) is 2.64. The molecule has 92 valence electrons. The van der Waals surface area contributed by atoms with Crippen LogP contribution in [0.25, 0.3) is 0 Å². The topological polar surface area (TPSA) is 46.0 Å². The molecule has 0 aromatic carbocycles. The minimum atomic E-state index is -0.472. The molecule has 17 heavy (non-hydrogen) atoms. The minimum absolute atomic E-state index is 0.472. The SMILES string of the molecule is Cc1cnc(C(O)CC2CC3CCC2C3)nc1. The van der Waals surface area contributed by atoms with E-state index in [0.29, 0.717) is 11.7 Å². The van der Waals surface area contributed by atoms with Gasteiger partial charge >= 0.3 is 0 Å². The summed E-state index contributed by atoms with van der Waals surface area (Å²) in [5, 5.41) is 10.2. The molecule has 3 heteroatoms. The van der Waals surface area contributed by atoms with Gasteiger partial charge in [0.25, 0.3) is 0 Å². The van der Waals surface area contributed by atoms with Crippen LogP contribution >= 0.6 is 0 Å². The lowest BCUT2D eigenvalue weighted by Crippen LogP contribution is -2.15. The van der Waals surface area contributed by atoms with Crippen LogP contribution < -0.4 is 0 Å². The Bertz CT molecular complexity index is 390. The molecule has 4 atom stereocenters. The van der Waals surface area contributed by atoms with Crippen LogP contribution in [0, 0.1) is 24.7 Å². The summed E-state index contributed by atoms with van der Waals surface area (Å²) in [6.45, 7) is 1.96. The van der Waals surface area contributed by atoms with E-state index in [2.05, 4.69) is 9.97 Å². The smallest absolute Gasteiger partial charge is 0.156 e. The van der Waals surface area contributed by atoms with Gasteiger partial charge in [-0.3, -0.25) is 0 Å². The van der Waals surface area contributed by atoms with Crippen molar-refractivity contribution in [3.63, 3.8) is 0 Å². The predicted molar refractivity (Wildman–Crippen MR) is 65.3 cm³/mol. The zero-order valence-corrected chi connectivity index (χ0v) is 10.3. The summed E-state index contributed by atoms with van der Waals surface area (Å²) < 4.78 is 0. The first kappa shape index (κ1) is 11.1. The fourth-order valence-corrected chi connectivity index (χ4v) is 3.63. The van der Waals surface area contributed by atoms with Gasteiger partial charge in [-0.1, -0.05) is 6.42 Å². The van der Waals surface area contributed by atoms with Gasteiger partial charge in [-0.25, -0.2) is 9.97 Å². The molecule has 2 aliphatic rings. The molecule has 1 aromatic heterocycles. The first-order valence-corrected chi connectivity index (χ1v) is 6.69. The summed E-state index contributed by atoms with van der Waals surface area (Å²) in [7, 11) is 0.